The van der Waals surface area contributed by atoms with Crippen molar-refractivity contribution < 1.29 is 9.47 Å². The standard InChI is InChI=1S/C15H22ClNO2/c1-10-12(8-11-4-6-17-7-5-11)9-13(16)15(19-3)14(10)18-2/h9,11,17H,4-8H2,1-3H3. The van der Waals surface area contributed by atoms with Gasteiger partial charge in [0.25, 0.3) is 0 Å². The Balaban J connectivity index is 2.27. The van der Waals surface area contributed by atoms with Crippen molar-refractivity contribution in [1.29, 1.82) is 0 Å². The van der Waals surface area contributed by atoms with Gasteiger partial charge in [0.05, 0.1) is 19.2 Å². The minimum Gasteiger partial charge on any atom is -0.493 e. The van der Waals surface area contributed by atoms with Gasteiger partial charge in [0, 0.05) is 0 Å². The lowest BCUT2D eigenvalue weighted by Gasteiger charge is -2.24. The maximum atomic E-state index is 6.29. The Kier molecular flexibility index (Phi) is 4.94. The Labute approximate surface area is 120 Å². The SMILES string of the molecule is COc1c(Cl)cc(CC2CCNCC2)c(C)c1OC. The van der Waals surface area contributed by atoms with Gasteiger partial charge in [-0.25, -0.2) is 0 Å². The average Bonchev–Trinajstić information content (AvgIpc) is 2.43. The van der Waals surface area contributed by atoms with Crippen LogP contribution in [0.1, 0.15) is 24.0 Å². The van der Waals surface area contributed by atoms with E-state index in [0.29, 0.717) is 10.8 Å². The first kappa shape index (κ1) is 14.5. The van der Waals surface area contributed by atoms with E-state index in [1.54, 1.807) is 14.2 Å². The minimum atomic E-state index is 0.633. The highest BCUT2D eigenvalue weighted by Crippen LogP contribution is 2.40. The number of methoxy groups -OCH3 is 2. The first-order valence-corrected chi connectivity index (χ1v) is 7.15. The van der Waals surface area contributed by atoms with Crippen molar-refractivity contribution in [3.8, 4) is 11.5 Å². The zero-order valence-corrected chi connectivity index (χ0v) is 12.6. The molecule has 4 heteroatoms. The molecule has 0 aromatic heterocycles. The molecule has 19 heavy (non-hydrogen) atoms. The smallest absolute Gasteiger partial charge is 0.179 e. The third-order valence-corrected chi connectivity index (χ3v) is 4.20. The van der Waals surface area contributed by atoms with E-state index < -0.39 is 0 Å². The van der Waals surface area contributed by atoms with Crippen molar-refractivity contribution in [2.75, 3.05) is 27.3 Å². The van der Waals surface area contributed by atoms with Gasteiger partial charge in [0.2, 0.25) is 0 Å². The molecule has 0 aliphatic carbocycles. The van der Waals surface area contributed by atoms with Crippen molar-refractivity contribution in [1.82, 2.24) is 5.32 Å². The van der Waals surface area contributed by atoms with E-state index >= 15 is 0 Å². The lowest BCUT2D eigenvalue weighted by atomic mass is 9.89. The average molecular weight is 284 g/mol. The Morgan fingerprint density at radius 1 is 1.21 bits per heavy atom. The lowest BCUT2D eigenvalue weighted by molar-refractivity contribution is 0.349. The summed E-state index contributed by atoms with van der Waals surface area (Å²) in [4.78, 5) is 0. The maximum Gasteiger partial charge on any atom is 0.179 e. The molecule has 0 saturated carbocycles. The molecular formula is C15H22ClNO2. The van der Waals surface area contributed by atoms with Crippen molar-refractivity contribution in [2.24, 2.45) is 5.92 Å². The number of ether oxygens (including phenoxy) is 2. The Hall–Kier alpha value is -0.930. The van der Waals surface area contributed by atoms with Gasteiger partial charge in [-0.15, -0.1) is 0 Å². The van der Waals surface area contributed by atoms with Crippen LogP contribution < -0.4 is 14.8 Å². The molecule has 1 aromatic rings. The summed E-state index contributed by atoms with van der Waals surface area (Å²) in [7, 11) is 3.28. The third kappa shape index (κ3) is 3.15. The second-order valence-corrected chi connectivity index (χ2v) is 5.51. The summed E-state index contributed by atoms with van der Waals surface area (Å²) < 4.78 is 10.8. The molecule has 2 rings (SSSR count). The number of rotatable bonds is 4. The highest BCUT2D eigenvalue weighted by Gasteiger charge is 2.19. The fraction of sp³-hybridized carbons (Fsp3) is 0.600. The first-order valence-electron chi connectivity index (χ1n) is 6.78. The third-order valence-electron chi connectivity index (χ3n) is 3.92. The summed E-state index contributed by atoms with van der Waals surface area (Å²) in [5, 5.41) is 4.03. The molecule has 1 N–H and O–H groups in total. The molecule has 0 atom stereocenters. The molecule has 1 aromatic carbocycles. The monoisotopic (exact) mass is 283 g/mol. The van der Waals surface area contributed by atoms with Gasteiger partial charge in [0.1, 0.15) is 0 Å². The fourth-order valence-electron chi connectivity index (χ4n) is 2.80. The Morgan fingerprint density at radius 2 is 1.84 bits per heavy atom. The van der Waals surface area contributed by atoms with Crippen LogP contribution in [0, 0.1) is 12.8 Å². The van der Waals surface area contributed by atoms with E-state index in [2.05, 4.69) is 12.2 Å². The predicted molar refractivity (Wildman–Crippen MR) is 78.6 cm³/mol. The molecule has 0 unspecified atom stereocenters. The van der Waals surface area contributed by atoms with Crippen LogP contribution in [0.25, 0.3) is 0 Å². The summed E-state index contributed by atoms with van der Waals surface area (Å²) in [5.41, 5.74) is 2.41. The normalized spacial score (nSPS) is 16.4. The molecule has 0 spiro atoms. The highest BCUT2D eigenvalue weighted by atomic mass is 35.5. The summed E-state index contributed by atoms with van der Waals surface area (Å²) >= 11 is 6.29. The topological polar surface area (TPSA) is 30.5 Å². The van der Waals surface area contributed by atoms with Crippen LogP contribution in [0.5, 0.6) is 11.5 Å². The molecule has 0 radical (unpaired) electrons. The molecule has 1 aliphatic rings. The van der Waals surface area contributed by atoms with Crippen molar-refractivity contribution in [3.63, 3.8) is 0 Å². The zero-order chi connectivity index (χ0) is 13.8. The molecule has 1 saturated heterocycles. The van der Waals surface area contributed by atoms with Gasteiger partial charge in [-0.05, 0) is 62.4 Å². The number of piperidine rings is 1. The van der Waals surface area contributed by atoms with Gasteiger partial charge in [0.15, 0.2) is 11.5 Å². The van der Waals surface area contributed by atoms with E-state index in [-0.39, 0.29) is 0 Å². The Bertz CT molecular complexity index is 442. The molecule has 0 amide bonds. The largest absolute Gasteiger partial charge is 0.493 e. The van der Waals surface area contributed by atoms with E-state index in [4.69, 9.17) is 21.1 Å². The van der Waals surface area contributed by atoms with Crippen molar-refractivity contribution in [2.45, 2.75) is 26.2 Å². The second kappa shape index (κ2) is 6.49. The Morgan fingerprint density at radius 3 is 2.42 bits per heavy atom. The van der Waals surface area contributed by atoms with Crippen LogP contribution >= 0.6 is 11.6 Å². The quantitative estimate of drug-likeness (QED) is 0.920. The van der Waals surface area contributed by atoms with Crippen LogP contribution in [0.2, 0.25) is 5.02 Å². The van der Waals surface area contributed by atoms with Gasteiger partial charge in [-0.3, -0.25) is 0 Å². The molecule has 106 valence electrons. The summed E-state index contributed by atoms with van der Waals surface area (Å²) in [5.74, 6) is 2.13. The van der Waals surface area contributed by atoms with Crippen LogP contribution in [-0.2, 0) is 6.42 Å². The maximum absolute atomic E-state index is 6.29. The zero-order valence-electron chi connectivity index (χ0n) is 11.9. The molecule has 1 heterocycles. The second-order valence-electron chi connectivity index (χ2n) is 5.11. The molecule has 1 aliphatic heterocycles. The van der Waals surface area contributed by atoms with Crippen LogP contribution in [0.15, 0.2) is 6.07 Å². The molecule has 1 fully saturated rings. The number of benzene rings is 1. The van der Waals surface area contributed by atoms with E-state index in [1.807, 2.05) is 6.07 Å². The van der Waals surface area contributed by atoms with Crippen LogP contribution in [0.3, 0.4) is 0 Å². The number of hydrogen-bond acceptors (Lipinski definition) is 3. The predicted octanol–water partition coefficient (Wildman–Crippen LogP) is 3.21. The first-order chi connectivity index (χ1) is 9.17. The molecule has 3 nitrogen and oxygen atoms in total. The highest BCUT2D eigenvalue weighted by molar-refractivity contribution is 6.32. The summed E-state index contributed by atoms with van der Waals surface area (Å²) in [6, 6.07) is 2.03. The van der Waals surface area contributed by atoms with Gasteiger partial charge >= 0.3 is 0 Å². The van der Waals surface area contributed by atoms with Gasteiger partial charge in [-0.1, -0.05) is 11.6 Å². The van der Waals surface area contributed by atoms with E-state index in [9.17, 15) is 0 Å². The van der Waals surface area contributed by atoms with Crippen LogP contribution in [0.4, 0.5) is 0 Å². The molecule has 0 bridgehead atoms. The van der Waals surface area contributed by atoms with Crippen LogP contribution in [-0.4, -0.2) is 27.3 Å². The fourth-order valence-corrected chi connectivity index (χ4v) is 3.09. The van der Waals surface area contributed by atoms with Crippen molar-refractivity contribution in [3.05, 3.63) is 22.2 Å². The van der Waals surface area contributed by atoms with Gasteiger partial charge in [-0.2, -0.15) is 0 Å². The molecular weight excluding hydrogens is 262 g/mol. The van der Waals surface area contributed by atoms with Gasteiger partial charge < -0.3 is 14.8 Å². The van der Waals surface area contributed by atoms with E-state index in [0.717, 1.165) is 36.7 Å². The number of nitrogens with one attached hydrogen (secondary N) is 1. The number of halogens is 1. The number of hydrogen-bond donors (Lipinski definition) is 1. The summed E-state index contributed by atoms with van der Waals surface area (Å²) in [6.07, 6.45) is 3.52. The minimum absolute atomic E-state index is 0.633. The summed E-state index contributed by atoms with van der Waals surface area (Å²) in [6.45, 7) is 4.31. The van der Waals surface area contributed by atoms with Crippen molar-refractivity contribution >= 4 is 11.6 Å². The lowest BCUT2D eigenvalue weighted by Crippen LogP contribution is -2.28. The van der Waals surface area contributed by atoms with E-state index in [1.165, 1.54) is 18.4 Å².